The van der Waals surface area contributed by atoms with Gasteiger partial charge < -0.3 is 20.1 Å². The lowest BCUT2D eigenvalue weighted by molar-refractivity contribution is -0.168. The maximum atomic E-state index is 12.9. The molecule has 0 bridgehead atoms. The Balaban J connectivity index is 0.00000288. The number of hydrogen-bond acceptors (Lipinski definition) is 4. The molecule has 0 saturated heterocycles. The fourth-order valence-corrected chi connectivity index (χ4v) is 3.33. The number of anilines is 1. The van der Waals surface area contributed by atoms with Crippen molar-refractivity contribution in [1.82, 2.24) is 0 Å². The zero-order chi connectivity index (χ0) is 17.4. The third kappa shape index (κ3) is 3.23. The van der Waals surface area contributed by atoms with Crippen LogP contribution in [0.2, 0.25) is 5.02 Å². The second-order valence-electron chi connectivity index (χ2n) is 6.52. The van der Waals surface area contributed by atoms with Crippen LogP contribution in [-0.4, -0.2) is 38.3 Å². The molecular weight excluding hydrogens is 351 g/mol. The summed E-state index contributed by atoms with van der Waals surface area (Å²) in [5, 5.41) is 0.454. The van der Waals surface area contributed by atoms with Crippen LogP contribution in [0.3, 0.4) is 0 Å². The fraction of sp³-hybridized carbons (Fsp3) is 0.588. The fourth-order valence-electron chi connectivity index (χ4n) is 3.08. The van der Waals surface area contributed by atoms with Crippen LogP contribution in [0.15, 0.2) is 18.2 Å². The Labute approximate surface area is 154 Å². The van der Waals surface area contributed by atoms with Gasteiger partial charge in [-0.25, -0.2) is 0 Å². The quantitative estimate of drug-likeness (QED) is 0.856. The van der Waals surface area contributed by atoms with Crippen LogP contribution in [0.5, 0.6) is 5.75 Å². The molecule has 1 aliphatic carbocycles. The van der Waals surface area contributed by atoms with E-state index in [1.54, 1.807) is 37.3 Å². The molecule has 1 aliphatic rings. The van der Waals surface area contributed by atoms with Gasteiger partial charge in [0.2, 0.25) is 5.91 Å². The Morgan fingerprint density at radius 3 is 2.54 bits per heavy atom. The molecule has 2 rings (SSSR count). The number of nitrogens with two attached hydrogens (primary N) is 1. The summed E-state index contributed by atoms with van der Waals surface area (Å²) in [6.45, 7) is 6.51. The van der Waals surface area contributed by atoms with Crippen molar-refractivity contribution in [3.05, 3.63) is 23.2 Å². The zero-order valence-electron chi connectivity index (χ0n) is 14.8. The van der Waals surface area contributed by atoms with Gasteiger partial charge in [0.05, 0.1) is 18.2 Å². The molecule has 0 spiro atoms. The van der Waals surface area contributed by atoms with Gasteiger partial charge in [-0.1, -0.05) is 25.4 Å². The molecule has 7 heteroatoms. The highest BCUT2D eigenvalue weighted by Crippen LogP contribution is 2.50. The number of amides is 1. The molecule has 0 aliphatic heterocycles. The van der Waals surface area contributed by atoms with Crippen molar-refractivity contribution in [3.63, 3.8) is 0 Å². The third-order valence-corrected chi connectivity index (χ3v) is 5.33. The number of halogens is 2. The number of ether oxygens (including phenoxy) is 2. The normalized spacial score (nSPS) is 24.5. The molecule has 0 aromatic heterocycles. The molecule has 5 nitrogen and oxygen atoms in total. The van der Waals surface area contributed by atoms with Crippen LogP contribution in [0.4, 0.5) is 5.69 Å². The summed E-state index contributed by atoms with van der Waals surface area (Å²) < 4.78 is 10.8. The van der Waals surface area contributed by atoms with E-state index in [1.807, 2.05) is 20.8 Å². The van der Waals surface area contributed by atoms with Gasteiger partial charge in [-0.05, 0) is 25.1 Å². The molecule has 2 N–H and O–H groups in total. The minimum atomic E-state index is -0.950. The number of hydrogen-bond donors (Lipinski definition) is 1. The molecule has 1 amide bonds. The van der Waals surface area contributed by atoms with Crippen LogP contribution < -0.4 is 15.4 Å². The van der Waals surface area contributed by atoms with Gasteiger partial charge in [-0.15, -0.1) is 12.4 Å². The van der Waals surface area contributed by atoms with Crippen molar-refractivity contribution in [2.75, 3.05) is 25.7 Å². The second-order valence-corrected chi connectivity index (χ2v) is 6.93. The number of likely N-dealkylation sites (N-methyl/N-ethyl adjacent to an activating group) is 1. The van der Waals surface area contributed by atoms with Gasteiger partial charge >= 0.3 is 0 Å². The summed E-state index contributed by atoms with van der Waals surface area (Å²) in [7, 11) is 3.26. The first-order valence-corrected chi connectivity index (χ1v) is 8.09. The summed E-state index contributed by atoms with van der Waals surface area (Å²) in [5.74, 6) is 0.429. The molecule has 2 atom stereocenters. The highest BCUT2D eigenvalue weighted by atomic mass is 35.5. The van der Waals surface area contributed by atoms with Crippen LogP contribution in [0, 0.1) is 5.41 Å². The van der Waals surface area contributed by atoms with E-state index >= 15 is 0 Å². The highest BCUT2D eigenvalue weighted by molar-refractivity contribution is 6.32. The molecule has 0 heterocycles. The molecule has 136 valence electrons. The Morgan fingerprint density at radius 1 is 1.46 bits per heavy atom. The highest BCUT2D eigenvalue weighted by Gasteiger charge is 2.63. The average molecular weight is 377 g/mol. The number of nitrogens with zero attached hydrogens (tertiary/aromatic N) is 1. The number of carbonyl (C=O) groups is 1. The van der Waals surface area contributed by atoms with Gasteiger partial charge in [-0.2, -0.15) is 0 Å². The molecule has 0 radical (unpaired) electrons. The number of methoxy groups -OCH3 is 1. The molecule has 24 heavy (non-hydrogen) atoms. The first-order chi connectivity index (χ1) is 10.7. The largest absolute Gasteiger partial charge is 0.495 e. The molecule has 1 aromatic carbocycles. The molecule has 2 unspecified atom stereocenters. The average Bonchev–Trinajstić information content (AvgIpc) is 2.52. The Kier molecular flexibility index (Phi) is 6.56. The van der Waals surface area contributed by atoms with E-state index in [0.717, 1.165) is 0 Å². The lowest BCUT2D eigenvalue weighted by Gasteiger charge is -2.58. The Morgan fingerprint density at radius 2 is 2.08 bits per heavy atom. The summed E-state index contributed by atoms with van der Waals surface area (Å²) in [5.41, 5.74) is 5.75. The second kappa shape index (κ2) is 7.48. The monoisotopic (exact) mass is 376 g/mol. The van der Waals surface area contributed by atoms with E-state index in [4.69, 9.17) is 26.8 Å². The predicted molar refractivity (Wildman–Crippen MR) is 99.4 cm³/mol. The van der Waals surface area contributed by atoms with E-state index in [2.05, 4.69) is 0 Å². The van der Waals surface area contributed by atoms with Gasteiger partial charge in [0, 0.05) is 31.2 Å². The minimum absolute atomic E-state index is 0. The standard InChI is InChI=1S/C17H25ClN2O3.ClH/c1-6-23-14-10-17(19,16(14,2)3)15(21)20(4)11-7-8-13(22-5)12(18)9-11;/h7-9,14H,6,10,19H2,1-5H3;1H. The Bertz CT molecular complexity index is 609. The van der Waals surface area contributed by atoms with Crippen LogP contribution in [0.25, 0.3) is 0 Å². The topological polar surface area (TPSA) is 64.8 Å². The van der Waals surface area contributed by atoms with E-state index in [1.165, 1.54) is 0 Å². The van der Waals surface area contributed by atoms with E-state index in [-0.39, 0.29) is 24.4 Å². The van der Waals surface area contributed by atoms with Crippen LogP contribution >= 0.6 is 24.0 Å². The molecule has 1 saturated carbocycles. The van der Waals surface area contributed by atoms with Crippen molar-refractivity contribution in [3.8, 4) is 5.75 Å². The molecule has 1 aromatic rings. The summed E-state index contributed by atoms with van der Waals surface area (Å²) in [6.07, 6.45) is 0.510. The minimum Gasteiger partial charge on any atom is -0.495 e. The number of carbonyl (C=O) groups excluding carboxylic acids is 1. The lowest BCUT2D eigenvalue weighted by atomic mass is 9.54. The smallest absolute Gasteiger partial charge is 0.247 e. The third-order valence-electron chi connectivity index (χ3n) is 5.04. The maximum Gasteiger partial charge on any atom is 0.247 e. The summed E-state index contributed by atoms with van der Waals surface area (Å²) >= 11 is 6.15. The first-order valence-electron chi connectivity index (χ1n) is 7.71. The van der Waals surface area contributed by atoms with Crippen LogP contribution in [-0.2, 0) is 9.53 Å². The van der Waals surface area contributed by atoms with Crippen LogP contribution in [0.1, 0.15) is 27.2 Å². The van der Waals surface area contributed by atoms with Crippen molar-refractivity contribution in [2.45, 2.75) is 38.8 Å². The van der Waals surface area contributed by atoms with E-state index in [9.17, 15) is 4.79 Å². The van der Waals surface area contributed by atoms with Gasteiger partial charge in [0.25, 0.3) is 0 Å². The van der Waals surface area contributed by atoms with Crippen molar-refractivity contribution in [2.24, 2.45) is 11.1 Å². The maximum absolute atomic E-state index is 12.9. The zero-order valence-corrected chi connectivity index (χ0v) is 16.3. The Hall–Kier alpha value is -1.01. The van der Waals surface area contributed by atoms with Gasteiger partial charge in [0.1, 0.15) is 11.3 Å². The first kappa shape index (κ1) is 21.0. The number of rotatable bonds is 5. The number of benzene rings is 1. The van der Waals surface area contributed by atoms with Crippen molar-refractivity contribution >= 4 is 35.6 Å². The van der Waals surface area contributed by atoms with Gasteiger partial charge in [0.15, 0.2) is 0 Å². The molecule has 1 fully saturated rings. The summed E-state index contributed by atoms with van der Waals surface area (Å²) in [6, 6.07) is 5.23. The van der Waals surface area contributed by atoms with Crippen molar-refractivity contribution in [1.29, 1.82) is 0 Å². The van der Waals surface area contributed by atoms with E-state index < -0.39 is 11.0 Å². The lowest BCUT2D eigenvalue weighted by Crippen LogP contribution is -2.75. The SMILES string of the molecule is CCOC1CC(N)(C(=O)N(C)c2ccc(OC)c(Cl)c2)C1(C)C.Cl. The van der Waals surface area contributed by atoms with Crippen molar-refractivity contribution < 1.29 is 14.3 Å². The van der Waals surface area contributed by atoms with Gasteiger partial charge in [-0.3, -0.25) is 4.79 Å². The predicted octanol–water partition coefficient (Wildman–Crippen LogP) is 3.27. The molecular formula is C17H26Cl2N2O3. The summed E-state index contributed by atoms with van der Waals surface area (Å²) in [4.78, 5) is 14.5. The van der Waals surface area contributed by atoms with E-state index in [0.29, 0.717) is 29.5 Å².